The average molecular weight is 341 g/mol. The molecule has 0 saturated heterocycles. The molecule has 2 aromatic rings. The van der Waals surface area contributed by atoms with Crippen molar-refractivity contribution < 1.29 is 23.9 Å². The van der Waals surface area contributed by atoms with Crippen LogP contribution in [-0.4, -0.2) is 25.0 Å². The number of alkyl carbamates (subject to hydrolysis) is 1. The van der Waals surface area contributed by atoms with Crippen LogP contribution < -0.4 is 5.32 Å². The van der Waals surface area contributed by atoms with E-state index < -0.39 is 23.9 Å². The molecule has 0 unspecified atom stereocenters. The first-order valence-electron chi connectivity index (χ1n) is 7.73. The first-order chi connectivity index (χ1) is 12.1. The molecule has 6 heteroatoms. The number of esters is 1. The van der Waals surface area contributed by atoms with Gasteiger partial charge in [-0.15, -0.1) is 0 Å². The van der Waals surface area contributed by atoms with E-state index in [-0.39, 0.29) is 13.0 Å². The van der Waals surface area contributed by atoms with Gasteiger partial charge >= 0.3 is 12.1 Å². The molecular formula is C19H19NO5. The number of hydrogen-bond acceptors (Lipinski definition) is 5. The van der Waals surface area contributed by atoms with Crippen molar-refractivity contribution in [2.75, 3.05) is 7.11 Å². The van der Waals surface area contributed by atoms with Crippen molar-refractivity contribution >= 4 is 17.8 Å². The minimum Gasteiger partial charge on any atom is -0.463 e. The monoisotopic (exact) mass is 341 g/mol. The van der Waals surface area contributed by atoms with Crippen molar-refractivity contribution in [2.45, 2.75) is 19.1 Å². The molecule has 1 atom stereocenters. The maximum Gasteiger partial charge on any atom is 0.407 e. The predicted molar refractivity (Wildman–Crippen MR) is 90.6 cm³/mol. The van der Waals surface area contributed by atoms with Crippen molar-refractivity contribution in [1.82, 2.24) is 5.32 Å². The standard InChI is InChI=1S/C19H19NO5/c1-24-18(22)17(21)12-16(15-10-6-3-7-11-15)20-19(23)25-13-14-8-4-2-5-9-14/h2-11,16H,12-13H2,1H3,(H,20,23)/t16-/m0/s1. The number of hydrogen-bond donors (Lipinski definition) is 1. The summed E-state index contributed by atoms with van der Waals surface area (Å²) in [6.07, 6.45) is -0.882. The minimum absolute atomic E-state index is 0.110. The fraction of sp³-hybridized carbons (Fsp3) is 0.211. The Bertz CT molecular complexity index is 715. The van der Waals surface area contributed by atoms with Crippen molar-refractivity contribution in [3.8, 4) is 0 Å². The lowest BCUT2D eigenvalue weighted by atomic mass is 10.0. The molecule has 0 fully saturated rings. The van der Waals surface area contributed by atoms with Crippen LogP contribution in [0.15, 0.2) is 60.7 Å². The molecule has 0 aliphatic carbocycles. The Morgan fingerprint density at radius 1 is 0.960 bits per heavy atom. The number of methoxy groups -OCH3 is 1. The SMILES string of the molecule is COC(=O)C(=O)C[C@H](NC(=O)OCc1ccccc1)c1ccccc1. The van der Waals surface area contributed by atoms with E-state index in [0.29, 0.717) is 5.56 Å². The molecule has 0 bridgehead atoms. The molecule has 2 aromatic carbocycles. The second-order valence-electron chi connectivity index (χ2n) is 5.29. The van der Waals surface area contributed by atoms with E-state index in [1.807, 2.05) is 36.4 Å². The highest BCUT2D eigenvalue weighted by Gasteiger charge is 2.23. The van der Waals surface area contributed by atoms with Crippen LogP contribution in [0.4, 0.5) is 4.79 Å². The lowest BCUT2D eigenvalue weighted by Gasteiger charge is -2.18. The molecule has 0 spiro atoms. The first-order valence-corrected chi connectivity index (χ1v) is 7.73. The van der Waals surface area contributed by atoms with Gasteiger partial charge in [0.1, 0.15) is 6.61 Å². The van der Waals surface area contributed by atoms with Gasteiger partial charge in [-0.2, -0.15) is 0 Å². The summed E-state index contributed by atoms with van der Waals surface area (Å²) in [4.78, 5) is 35.3. The van der Waals surface area contributed by atoms with Gasteiger partial charge in [-0.3, -0.25) is 4.79 Å². The third kappa shape index (κ3) is 5.76. The Kier molecular flexibility index (Phi) is 6.71. The summed E-state index contributed by atoms with van der Waals surface area (Å²) in [7, 11) is 1.14. The predicted octanol–water partition coefficient (Wildman–Crippen LogP) is 2.79. The van der Waals surface area contributed by atoms with Crippen molar-refractivity contribution in [2.24, 2.45) is 0 Å². The Morgan fingerprint density at radius 2 is 1.56 bits per heavy atom. The second-order valence-corrected chi connectivity index (χ2v) is 5.29. The molecule has 1 amide bonds. The molecule has 6 nitrogen and oxygen atoms in total. The van der Waals surface area contributed by atoms with Gasteiger partial charge in [-0.05, 0) is 11.1 Å². The molecule has 2 rings (SSSR count). The maximum atomic E-state index is 12.1. The highest BCUT2D eigenvalue weighted by atomic mass is 16.5. The van der Waals surface area contributed by atoms with Gasteiger partial charge in [0.15, 0.2) is 0 Å². The summed E-state index contributed by atoms with van der Waals surface area (Å²) in [5, 5.41) is 2.62. The number of ether oxygens (including phenoxy) is 2. The van der Waals surface area contributed by atoms with E-state index >= 15 is 0 Å². The number of rotatable bonds is 7. The zero-order valence-corrected chi connectivity index (χ0v) is 13.8. The van der Waals surface area contributed by atoms with Crippen LogP contribution >= 0.6 is 0 Å². The molecule has 1 N–H and O–H groups in total. The van der Waals surface area contributed by atoms with Crippen LogP contribution in [-0.2, 0) is 25.7 Å². The highest BCUT2D eigenvalue weighted by molar-refractivity contribution is 6.33. The van der Waals surface area contributed by atoms with E-state index in [0.717, 1.165) is 12.7 Å². The van der Waals surface area contributed by atoms with Gasteiger partial charge in [0.25, 0.3) is 0 Å². The zero-order chi connectivity index (χ0) is 18.1. The van der Waals surface area contributed by atoms with Gasteiger partial charge in [-0.1, -0.05) is 60.7 Å². The number of carbonyl (C=O) groups excluding carboxylic acids is 3. The summed E-state index contributed by atoms with van der Waals surface area (Å²) in [6.45, 7) is 0.110. The molecule has 0 aliphatic rings. The Hall–Kier alpha value is -3.15. The fourth-order valence-electron chi connectivity index (χ4n) is 2.23. The summed E-state index contributed by atoms with van der Waals surface area (Å²) in [5.74, 6) is -1.67. The van der Waals surface area contributed by atoms with Gasteiger partial charge in [0, 0.05) is 6.42 Å². The summed E-state index contributed by atoms with van der Waals surface area (Å²) >= 11 is 0. The summed E-state index contributed by atoms with van der Waals surface area (Å²) < 4.78 is 9.60. The lowest BCUT2D eigenvalue weighted by Crippen LogP contribution is -2.32. The van der Waals surface area contributed by atoms with Crippen molar-refractivity contribution in [1.29, 1.82) is 0 Å². The summed E-state index contributed by atoms with van der Waals surface area (Å²) in [6, 6.07) is 17.4. The quantitative estimate of drug-likeness (QED) is 0.618. The lowest BCUT2D eigenvalue weighted by molar-refractivity contribution is -0.151. The Labute approximate surface area is 145 Å². The van der Waals surface area contributed by atoms with Gasteiger partial charge < -0.3 is 14.8 Å². The van der Waals surface area contributed by atoms with Crippen molar-refractivity contribution in [3.05, 3.63) is 71.8 Å². The Morgan fingerprint density at radius 3 is 2.16 bits per heavy atom. The largest absolute Gasteiger partial charge is 0.463 e. The topological polar surface area (TPSA) is 81.7 Å². The molecule has 0 aromatic heterocycles. The summed E-state index contributed by atoms with van der Waals surface area (Å²) in [5.41, 5.74) is 1.54. The van der Waals surface area contributed by atoms with Gasteiger partial charge in [0.2, 0.25) is 5.78 Å². The molecule has 0 radical (unpaired) electrons. The number of carbonyl (C=O) groups is 3. The van der Waals surface area contributed by atoms with Crippen LogP contribution in [0.1, 0.15) is 23.6 Å². The molecule has 0 heterocycles. The smallest absolute Gasteiger partial charge is 0.407 e. The van der Waals surface area contributed by atoms with Crippen LogP contribution in [0, 0.1) is 0 Å². The Balaban J connectivity index is 2.01. The molecule has 25 heavy (non-hydrogen) atoms. The molecular weight excluding hydrogens is 322 g/mol. The van der Waals surface area contributed by atoms with Crippen LogP contribution in [0.5, 0.6) is 0 Å². The van der Waals surface area contributed by atoms with Crippen molar-refractivity contribution in [3.63, 3.8) is 0 Å². The third-order valence-corrected chi connectivity index (χ3v) is 3.51. The number of ketones is 1. The average Bonchev–Trinajstić information content (AvgIpc) is 2.66. The minimum atomic E-state index is -0.944. The van der Waals surface area contributed by atoms with E-state index in [1.54, 1.807) is 24.3 Å². The van der Waals surface area contributed by atoms with E-state index in [1.165, 1.54) is 0 Å². The normalized spacial score (nSPS) is 11.2. The van der Waals surface area contributed by atoms with Gasteiger partial charge in [-0.25, -0.2) is 9.59 Å². The third-order valence-electron chi connectivity index (χ3n) is 3.51. The molecule has 130 valence electrons. The number of nitrogens with one attached hydrogen (secondary N) is 1. The van der Waals surface area contributed by atoms with Crippen LogP contribution in [0.3, 0.4) is 0 Å². The van der Waals surface area contributed by atoms with Gasteiger partial charge in [0.05, 0.1) is 13.2 Å². The number of amides is 1. The molecule has 0 aliphatic heterocycles. The number of Topliss-reactive ketones (excluding diaryl/α,β-unsaturated/α-hetero) is 1. The first kappa shape index (κ1) is 18.2. The second kappa shape index (κ2) is 9.22. The van der Waals surface area contributed by atoms with E-state index in [9.17, 15) is 14.4 Å². The number of benzene rings is 2. The van der Waals surface area contributed by atoms with E-state index in [2.05, 4.69) is 10.1 Å². The van der Waals surface area contributed by atoms with Crippen LogP contribution in [0.2, 0.25) is 0 Å². The maximum absolute atomic E-state index is 12.1. The molecule has 0 saturated carbocycles. The highest BCUT2D eigenvalue weighted by Crippen LogP contribution is 2.17. The van der Waals surface area contributed by atoms with E-state index in [4.69, 9.17) is 4.74 Å². The zero-order valence-electron chi connectivity index (χ0n) is 13.8. The van der Waals surface area contributed by atoms with Crippen LogP contribution in [0.25, 0.3) is 0 Å². The fourth-order valence-corrected chi connectivity index (χ4v) is 2.23.